The number of aliphatic hydroxyl groups excluding tert-OH is 2. The van der Waals surface area contributed by atoms with Crippen LogP contribution < -0.4 is 0 Å². The second kappa shape index (κ2) is 7.66. The summed E-state index contributed by atoms with van der Waals surface area (Å²) < 4.78 is 13.6. The quantitative estimate of drug-likeness (QED) is 0.367. The smallest absolute Gasteiger partial charge is 0.394 e. The molecule has 0 fully saturated rings. The first kappa shape index (κ1) is 15.7. The van der Waals surface area contributed by atoms with Crippen LogP contribution in [0.25, 0.3) is 0 Å². The fraction of sp³-hybridized carbons (Fsp3) is 0.500. The van der Waals surface area contributed by atoms with Gasteiger partial charge in [-0.05, 0) is 6.92 Å². The van der Waals surface area contributed by atoms with E-state index in [1.54, 1.807) is 0 Å². The predicted octanol–water partition coefficient (Wildman–Crippen LogP) is -0.831. The summed E-state index contributed by atoms with van der Waals surface area (Å²) in [7, 11) is -4.69. The summed E-state index contributed by atoms with van der Waals surface area (Å²) in [6.45, 7) is 4.16. The van der Waals surface area contributed by atoms with E-state index in [9.17, 15) is 9.36 Å². The fourth-order valence-corrected chi connectivity index (χ4v) is 0.558. The van der Waals surface area contributed by atoms with E-state index in [0.29, 0.717) is 0 Å². The maximum Gasteiger partial charge on any atom is 0.527 e. The van der Waals surface area contributed by atoms with Crippen LogP contribution in [-0.4, -0.2) is 39.2 Å². The van der Waals surface area contributed by atoms with Gasteiger partial charge in [0.2, 0.25) is 0 Å². The van der Waals surface area contributed by atoms with Crippen LogP contribution in [0.15, 0.2) is 12.2 Å². The fourth-order valence-electron chi connectivity index (χ4n) is 0.186. The van der Waals surface area contributed by atoms with Gasteiger partial charge in [0.15, 0.2) is 0 Å². The number of hydrogen-bond donors (Lipinski definition) is 4. The van der Waals surface area contributed by atoms with Gasteiger partial charge >= 0.3 is 13.8 Å². The Labute approximate surface area is 80.9 Å². The van der Waals surface area contributed by atoms with E-state index in [0.717, 1.165) is 0 Å². The zero-order chi connectivity index (χ0) is 11.8. The third-order valence-corrected chi connectivity index (χ3v) is 1.05. The molecule has 7 nitrogen and oxygen atoms in total. The Balaban J connectivity index is 0. The summed E-state index contributed by atoms with van der Waals surface area (Å²) in [6, 6.07) is 0. The average Bonchev–Trinajstić information content (AvgIpc) is 2.02. The zero-order valence-electron chi connectivity index (χ0n) is 7.58. The van der Waals surface area contributed by atoms with E-state index >= 15 is 0 Å². The van der Waals surface area contributed by atoms with Crippen molar-refractivity contribution >= 4 is 13.8 Å². The van der Waals surface area contributed by atoms with Crippen molar-refractivity contribution in [1.29, 1.82) is 0 Å². The Bertz CT molecular complexity index is 228. The van der Waals surface area contributed by atoms with Crippen LogP contribution in [0.5, 0.6) is 0 Å². The van der Waals surface area contributed by atoms with Crippen LogP contribution in [0.4, 0.5) is 0 Å². The average molecular weight is 228 g/mol. The summed E-state index contributed by atoms with van der Waals surface area (Å²) in [4.78, 5) is 26.5. The van der Waals surface area contributed by atoms with Crippen molar-refractivity contribution in [3.63, 3.8) is 0 Å². The molecule has 0 atom stereocenters. The lowest BCUT2D eigenvalue weighted by Crippen LogP contribution is -2.01. The molecule has 0 aromatic rings. The van der Waals surface area contributed by atoms with Crippen LogP contribution in [0.1, 0.15) is 6.92 Å². The number of phosphoric acid groups is 1. The highest BCUT2D eigenvalue weighted by atomic mass is 31.2. The lowest BCUT2D eigenvalue weighted by Gasteiger charge is -2.02. The van der Waals surface area contributed by atoms with Crippen molar-refractivity contribution < 1.29 is 33.9 Å². The van der Waals surface area contributed by atoms with E-state index in [1.165, 1.54) is 6.92 Å². The predicted molar refractivity (Wildman–Crippen MR) is 47.1 cm³/mol. The first-order valence-electron chi connectivity index (χ1n) is 3.41. The highest BCUT2D eigenvalue weighted by molar-refractivity contribution is 7.46. The normalized spacial score (nSPS) is 9.79. The van der Waals surface area contributed by atoms with Gasteiger partial charge in [-0.2, -0.15) is 0 Å². The van der Waals surface area contributed by atoms with Crippen LogP contribution in [-0.2, 0) is 13.9 Å². The third kappa shape index (κ3) is 13.8. The van der Waals surface area contributed by atoms with Crippen molar-refractivity contribution in [3.8, 4) is 0 Å². The van der Waals surface area contributed by atoms with Gasteiger partial charge in [0, 0.05) is 5.57 Å². The molecule has 0 unspecified atom stereocenters. The molecule has 4 N–H and O–H groups in total. The highest BCUT2D eigenvalue weighted by Gasteiger charge is 2.20. The molecule has 0 aliphatic rings. The van der Waals surface area contributed by atoms with Gasteiger partial charge in [0.25, 0.3) is 0 Å². The van der Waals surface area contributed by atoms with Crippen LogP contribution in [0.2, 0.25) is 0 Å². The van der Waals surface area contributed by atoms with Crippen LogP contribution in [0.3, 0.4) is 0 Å². The third-order valence-electron chi connectivity index (χ3n) is 0.650. The molecule has 84 valence electrons. The van der Waals surface area contributed by atoms with Gasteiger partial charge in [-0.3, -0.25) is 9.79 Å². The first-order valence-corrected chi connectivity index (χ1v) is 4.94. The number of hydrogen-bond acceptors (Lipinski definition) is 5. The van der Waals surface area contributed by atoms with E-state index in [4.69, 9.17) is 20.0 Å². The summed E-state index contributed by atoms with van der Waals surface area (Å²) in [6.07, 6.45) is 0. The van der Waals surface area contributed by atoms with Gasteiger partial charge in [0.1, 0.15) is 0 Å². The lowest BCUT2D eigenvalue weighted by atomic mass is 10.4. The maximum absolute atomic E-state index is 10.3. The molecule has 0 aromatic carbocycles. The Morgan fingerprint density at radius 3 is 1.79 bits per heavy atom. The summed E-state index contributed by atoms with van der Waals surface area (Å²) >= 11 is 0. The molecule has 0 heterocycles. The van der Waals surface area contributed by atoms with Gasteiger partial charge in [0.05, 0.1) is 13.2 Å². The Morgan fingerprint density at radius 1 is 1.36 bits per heavy atom. The second-order valence-electron chi connectivity index (χ2n) is 2.10. The largest absolute Gasteiger partial charge is 0.527 e. The first-order chi connectivity index (χ1) is 6.24. The molecule has 0 amide bonds. The molecule has 0 aliphatic carbocycles. The van der Waals surface area contributed by atoms with Crippen molar-refractivity contribution in [2.75, 3.05) is 13.2 Å². The minimum absolute atomic E-state index is 0.0525. The topological polar surface area (TPSA) is 124 Å². The van der Waals surface area contributed by atoms with Crippen LogP contribution >= 0.6 is 7.82 Å². The number of rotatable bonds is 3. The second-order valence-corrected chi connectivity index (χ2v) is 3.26. The van der Waals surface area contributed by atoms with E-state index in [-0.39, 0.29) is 18.8 Å². The minimum atomic E-state index is -4.69. The van der Waals surface area contributed by atoms with Gasteiger partial charge in [-0.25, -0.2) is 9.36 Å². The Hall–Kier alpha value is -0.720. The van der Waals surface area contributed by atoms with Gasteiger partial charge in [-0.15, -0.1) is 0 Å². The molecule has 0 saturated carbocycles. The molecular formula is C6H13O7P. The van der Waals surface area contributed by atoms with Crippen molar-refractivity contribution in [2.45, 2.75) is 6.92 Å². The Kier molecular flexibility index (Phi) is 8.61. The number of carbonyl (C=O) groups is 1. The molecule has 0 spiro atoms. The molecule has 0 aliphatic heterocycles. The molecule has 0 aromatic heterocycles. The van der Waals surface area contributed by atoms with Gasteiger partial charge < -0.3 is 14.7 Å². The number of phosphoric ester groups is 1. The van der Waals surface area contributed by atoms with Crippen LogP contribution in [0, 0.1) is 0 Å². The monoisotopic (exact) mass is 228 g/mol. The lowest BCUT2D eigenvalue weighted by molar-refractivity contribution is -0.131. The Morgan fingerprint density at radius 2 is 1.71 bits per heavy atom. The molecule has 0 saturated heterocycles. The van der Waals surface area contributed by atoms with E-state index < -0.39 is 13.8 Å². The molecule has 0 bridgehead atoms. The highest BCUT2D eigenvalue weighted by Crippen LogP contribution is 2.36. The summed E-state index contributed by atoms with van der Waals surface area (Å²) in [5.74, 6) is -1.09. The molecule has 8 heteroatoms. The van der Waals surface area contributed by atoms with E-state index in [1.807, 2.05) is 0 Å². The number of aliphatic hydroxyl groups is 2. The maximum atomic E-state index is 10.3. The van der Waals surface area contributed by atoms with E-state index in [2.05, 4.69) is 11.1 Å². The minimum Gasteiger partial charge on any atom is -0.394 e. The summed E-state index contributed by atoms with van der Waals surface area (Å²) in [5.41, 5.74) is -0.0525. The number of carbonyl (C=O) groups excluding carboxylic acids is 1. The van der Waals surface area contributed by atoms with Crippen molar-refractivity contribution in [1.82, 2.24) is 0 Å². The molecule has 0 radical (unpaired) electrons. The SMILES string of the molecule is C=C(C)C(=O)OP(=O)(O)O.OCCO. The summed E-state index contributed by atoms with van der Waals surface area (Å²) in [5, 5.41) is 15.2. The van der Waals surface area contributed by atoms with Crippen molar-refractivity contribution in [3.05, 3.63) is 12.2 Å². The standard InChI is InChI=1S/C4H7O5P.C2H6O2/c1-3(2)4(5)9-10(6,7)8;3-1-2-4/h1H2,2H3,(H2,6,7,8);3-4H,1-2H2. The van der Waals surface area contributed by atoms with Crippen molar-refractivity contribution in [2.24, 2.45) is 0 Å². The molecule has 14 heavy (non-hydrogen) atoms. The molecular weight excluding hydrogens is 215 g/mol. The zero-order valence-corrected chi connectivity index (χ0v) is 8.48. The van der Waals surface area contributed by atoms with Gasteiger partial charge in [-0.1, -0.05) is 6.58 Å². The molecule has 0 rings (SSSR count).